The van der Waals surface area contributed by atoms with Crippen molar-refractivity contribution in [1.29, 1.82) is 0 Å². The Morgan fingerprint density at radius 3 is 1.31 bits per heavy atom. The summed E-state index contributed by atoms with van der Waals surface area (Å²) < 4.78 is 4.75. The first-order chi connectivity index (χ1) is 17.3. The third-order valence-electron chi connectivity index (χ3n) is 6.64. The van der Waals surface area contributed by atoms with E-state index in [4.69, 9.17) is 9.97 Å². The minimum atomic E-state index is 0.837. The fourth-order valence-electron chi connectivity index (χ4n) is 4.92. The average Bonchev–Trinajstić information content (AvgIpc) is 3.43. The minimum Gasteiger partial charge on any atom is -0.323 e. The van der Waals surface area contributed by atoms with Crippen molar-refractivity contribution >= 4 is 22.1 Å². The monoisotopic (exact) mass is 456 g/mol. The van der Waals surface area contributed by atoms with Crippen molar-refractivity contribution in [2.75, 3.05) is 0 Å². The molecule has 0 saturated heterocycles. The summed E-state index contributed by atoms with van der Waals surface area (Å²) in [5.74, 6) is 2.28. The molecule has 0 aliphatic heterocycles. The van der Waals surface area contributed by atoms with Crippen LogP contribution < -0.4 is 0 Å². The van der Waals surface area contributed by atoms with Crippen LogP contribution in [0.15, 0.2) is 109 Å². The first-order valence-corrected chi connectivity index (χ1v) is 12.3. The van der Waals surface area contributed by atoms with Crippen molar-refractivity contribution < 1.29 is 0 Å². The van der Waals surface area contributed by atoms with E-state index in [9.17, 15) is 0 Å². The summed E-state index contributed by atoms with van der Waals surface area (Å²) in [4.78, 5) is 10.0. The van der Waals surface area contributed by atoms with E-state index in [1.165, 1.54) is 22.2 Å². The van der Waals surface area contributed by atoms with Crippen LogP contribution >= 0.6 is 0 Å². The molecule has 0 aliphatic rings. The molecule has 0 atom stereocenters. The molecule has 0 radical (unpaired) electrons. The topological polar surface area (TPSA) is 35.6 Å². The van der Waals surface area contributed by atoms with Crippen LogP contribution in [-0.4, -0.2) is 19.1 Å². The summed E-state index contributed by atoms with van der Waals surface area (Å²) in [6, 6.07) is 38.2. The zero-order valence-electron chi connectivity index (χ0n) is 19.7. The number of fused-ring (bicyclic) bond motifs is 2. The zero-order valence-corrected chi connectivity index (χ0v) is 19.7. The molecule has 0 spiro atoms. The summed E-state index contributed by atoms with van der Waals surface area (Å²) in [5, 5.41) is 0. The average molecular weight is 457 g/mol. The minimum absolute atomic E-state index is 0.837. The Morgan fingerprint density at radius 2 is 0.857 bits per heavy atom. The van der Waals surface area contributed by atoms with Gasteiger partial charge in [-0.05, 0) is 41.8 Å². The van der Waals surface area contributed by atoms with Gasteiger partial charge in [0.25, 0.3) is 0 Å². The highest BCUT2D eigenvalue weighted by Crippen LogP contribution is 2.22. The molecule has 0 bridgehead atoms. The molecular weight excluding hydrogens is 428 g/mol. The van der Waals surface area contributed by atoms with Gasteiger partial charge in [0.2, 0.25) is 0 Å². The number of para-hydroxylation sites is 4. The van der Waals surface area contributed by atoms with Gasteiger partial charge >= 0.3 is 0 Å². The second-order valence-electron chi connectivity index (χ2n) is 9.03. The van der Waals surface area contributed by atoms with Crippen molar-refractivity contribution in [1.82, 2.24) is 19.1 Å². The maximum atomic E-state index is 5.01. The van der Waals surface area contributed by atoms with E-state index in [1.807, 2.05) is 0 Å². The predicted octanol–water partition coefficient (Wildman–Crippen LogP) is 6.66. The van der Waals surface area contributed by atoms with Gasteiger partial charge in [-0.15, -0.1) is 0 Å². The molecule has 0 unspecified atom stereocenters. The highest BCUT2D eigenvalue weighted by atomic mass is 15.1. The van der Waals surface area contributed by atoms with Gasteiger partial charge in [0, 0.05) is 25.9 Å². The molecule has 2 heterocycles. The third kappa shape index (κ3) is 4.47. The normalized spacial score (nSPS) is 11.4. The van der Waals surface area contributed by atoms with Crippen LogP contribution in [0.25, 0.3) is 22.1 Å². The summed E-state index contributed by atoms with van der Waals surface area (Å²) in [6.45, 7) is 1.67. The van der Waals surface area contributed by atoms with Gasteiger partial charge in [0.05, 0.1) is 22.1 Å². The quantitative estimate of drug-likeness (QED) is 0.257. The van der Waals surface area contributed by atoms with Crippen molar-refractivity contribution in [3.05, 3.63) is 132 Å². The van der Waals surface area contributed by atoms with Crippen LogP contribution in [0.5, 0.6) is 0 Å². The summed E-state index contributed by atoms with van der Waals surface area (Å²) in [5.41, 5.74) is 7.11. The molecule has 4 heteroatoms. The number of imidazole rings is 2. The Balaban J connectivity index is 1.27. The summed E-state index contributed by atoms with van der Waals surface area (Å²) in [6.07, 6.45) is 2.82. The van der Waals surface area contributed by atoms with E-state index in [0.717, 1.165) is 55.0 Å². The lowest BCUT2D eigenvalue weighted by Gasteiger charge is -2.11. The van der Waals surface area contributed by atoms with Gasteiger partial charge in [-0.3, -0.25) is 0 Å². The maximum absolute atomic E-state index is 5.01. The van der Waals surface area contributed by atoms with Crippen LogP contribution in [0, 0.1) is 0 Å². The second-order valence-corrected chi connectivity index (χ2v) is 9.03. The van der Waals surface area contributed by atoms with E-state index in [-0.39, 0.29) is 0 Å². The van der Waals surface area contributed by atoms with Gasteiger partial charge in [0.1, 0.15) is 11.6 Å². The third-order valence-corrected chi connectivity index (χ3v) is 6.64. The van der Waals surface area contributed by atoms with Crippen LogP contribution in [0.3, 0.4) is 0 Å². The van der Waals surface area contributed by atoms with E-state index < -0.39 is 0 Å². The molecule has 4 aromatic carbocycles. The Bertz CT molecular complexity index is 1440. The molecule has 172 valence electrons. The molecule has 0 saturated carbocycles. The molecule has 4 nitrogen and oxygen atoms in total. The van der Waals surface area contributed by atoms with Gasteiger partial charge in [-0.2, -0.15) is 0 Å². The second kappa shape index (κ2) is 9.59. The SMILES string of the molecule is c1ccc(Cn2c(CCCc3nc4ccccc4n3Cc3ccccc3)nc3ccccc32)cc1. The smallest absolute Gasteiger partial charge is 0.110 e. The van der Waals surface area contributed by atoms with Crippen molar-refractivity contribution in [2.24, 2.45) is 0 Å². The van der Waals surface area contributed by atoms with Crippen LogP contribution in [0.2, 0.25) is 0 Å². The number of nitrogens with zero attached hydrogens (tertiary/aromatic N) is 4. The summed E-state index contributed by atoms with van der Waals surface area (Å²) >= 11 is 0. The van der Waals surface area contributed by atoms with Crippen LogP contribution in [0.4, 0.5) is 0 Å². The largest absolute Gasteiger partial charge is 0.323 e. The maximum Gasteiger partial charge on any atom is 0.110 e. The van der Waals surface area contributed by atoms with Crippen LogP contribution in [-0.2, 0) is 25.9 Å². The van der Waals surface area contributed by atoms with Crippen LogP contribution in [0.1, 0.15) is 29.2 Å². The van der Waals surface area contributed by atoms with Gasteiger partial charge in [-0.25, -0.2) is 9.97 Å². The molecule has 2 aromatic heterocycles. The first-order valence-electron chi connectivity index (χ1n) is 12.3. The van der Waals surface area contributed by atoms with E-state index >= 15 is 0 Å². The molecule has 0 amide bonds. The first kappa shape index (κ1) is 21.4. The standard InChI is InChI=1S/C31H28N4/c1-3-12-24(13-4-1)22-34-28-18-9-7-16-26(28)32-30(34)20-11-21-31-33-27-17-8-10-19-29(27)35(31)23-25-14-5-2-6-15-25/h1-10,12-19H,11,20-23H2. The number of rotatable bonds is 8. The zero-order chi connectivity index (χ0) is 23.5. The Hall–Kier alpha value is -4.18. The van der Waals surface area contributed by atoms with E-state index in [2.05, 4.69) is 118 Å². The van der Waals surface area contributed by atoms with Crippen molar-refractivity contribution in [3.8, 4) is 0 Å². The molecular formula is C31H28N4. The number of benzene rings is 4. The molecule has 0 N–H and O–H groups in total. The number of aryl methyl sites for hydroxylation is 2. The Labute approximate surface area is 205 Å². The lowest BCUT2D eigenvalue weighted by Crippen LogP contribution is -2.08. The van der Waals surface area contributed by atoms with Crippen molar-refractivity contribution in [2.45, 2.75) is 32.4 Å². The number of hydrogen-bond acceptors (Lipinski definition) is 2. The molecule has 0 aliphatic carbocycles. The molecule has 35 heavy (non-hydrogen) atoms. The number of aromatic nitrogens is 4. The highest BCUT2D eigenvalue weighted by molar-refractivity contribution is 5.76. The fraction of sp³-hybridized carbons (Fsp3) is 0.161. The molecule has 6 rings (SSSR count). The lowest BCUT2D eigenvalue weighted by molar-refractivity contribution is 0.661. The predicted molar refractivity (Wildman–Crippen MR) is 143 cm³/mol. The Morgan fingerprint density at radius 1 is 0.457 bits per heavy atom. The van der Waals surface area contributed by atoms with Gasteiger partial charge < -0.3 is 9.13 Å². The van der Waals surface area contributed by atoms with E-state index in [1.54, 1.807) is 0 Å². The number of hydrogen-bond donors (Lipinski definition) is 0. The fourth-order valence-corrected chi connectivity index (χ4v) is 4.92. The molecule has 0 fully saturated rings. The lowest BCUT2D eigenvalue weighted by atomic mass is 10.2. The van der Waals surface area contributed by atoms with Gasteiger partial charge in [-0.1, -0.05) is 84.9 Å². The Kier molecular flexibility index (Phi) is 5.85. The molecule has 6 aromatic rings. The summed E-state index contributed by atoms with van der Waals surface area (Å²) in [7, 11) is 0. The highest BCUT2D eigenvalue weighted by Gasteiger charge is 2.14. The van der Waals surface area contributed by atoms with Gasteiger partial charge in [0.15, 0.2) is 0 Å². The van der Waals surface area contributed by atoms with E-state index in [0.29, 0.717) is 0 Å². The van der Waals surface area contributed by atoms with Crippen molar-refractivity contribution in [3.63, 3.8) is 0 Å².